The summed E-state index contributed by atoms with van der Waals surface area (Å²) in [5, 5.41) is 6.54. The minimum Gasteiger partial charge on any atom is -0.495 e. The van der Waals surface area contributed by atoms with E-state index in [4.69, 9.17) is 16.3 Å². The Hall–Kier alpha value is -2.27. The first-order chi connectivity index (χ1) is 10.6. The number of nitrogens with zero attached hydrogens (tertiary/aromatic N) is 1. The fourth-order valence-electron chi connectivity index (χ4n) is 1.91. The molecule has 0 saturated heterocycles. The van der Waals surface area contributed by atoms with Crippen LogP contribution in [-0.4, -0.2) is 18.0 Å². The van der Waals surface area contributed by atoms with E-state index in [1.165, 1.54) is 0 Å². The van der Waals surface area contributed by atoms with Crippen LogP contribution in [-0.2, 0) is 4.79 Å². The second-order valence-electron chi connectivity index (χ2n) is 4.70. The molecule has 5 nitrogen and oxygen atoms in total. The zero-order chi connectivity index (χ0) is 15.9. The van der Waals surface area contributed by atoms with Gasteiger partial charge in [-0.2, -0.15) is 0 Å². The van der Waals surface area contributed by atoms with Crippen LogP contribution in [0.25, 0.3) is 0 Å². The van der Waals surface area contributed by atoms with Crippen LogP contribution < -0.4 is 15.4 Å². The summed E-state index contributed by atoms with van der Waals surface area (Å²) in [5.74, 6) is 1.18. The molecule has 1 amide bonds. The van der Waals surface area contributed by atoms with E-state index in [0.29, 0.717) is 23.0 Å². The van der Waals surface area contributed by atoms with Gasteiger partial charge in [-0.05, 0) is 36.8 Å². The molecule has 22 heavy (non-hydrogen) atoms. The van der Waals surface area contributed by atoms with Gasteiger partial charge in [0.2, 0.25) is 5.91 Å². The highest BCUT2D eigenvalue weighted by Gasteiger charge is 2.06. The Labute approximate surface area is 134 Å². The van der Waals surface area contributed by atoms with Crippen LogP contribution >= 0.6 is 11.6 Å². The normalized spacial score (nSPS) is 10.1. The first kappa shape index (κ1) is 16.1. The minimum atomic E-state index is -0.0350. The van der Waals surface area contributed by atoms with E-state index in [2.05, 4.69) is 15.6 Å². The number of aromatic nitrogens is 1. The summed E-state index contributed by atoms with van der Waals surface area (Å²) in [4.78, 5) is 15.7. The lowest BCUT2D eigenvalue weighted by Gasteiger charge is -2.12. The number of methoxy groups -OCH3 is 1. The van der Waals surface area contributed by atoms with E-state index >= 15 is 0 Å². The maximum atomic E-state index is 11.5. The summed E-state index contributed by atoms with van der Waals surface area (Å²) in [6.45, 7) is 1.96. The molecule has 0 bridgehead atoms. The molecule has 1 aromatic carbocycles. The van der Waals surface area contributed by atoms with Crippen molar-refractivity contribution in [2.45, 2.75) is 19.8 Å². The molecule has 2 N–H and O–H groups in total. The molecule has 0 fully saturated rings. The molecule has 0 spiro atoms. The first-order valence-corrected chi connectivity index (χ1v) is 7.36. The quantitative estimate of drug-likeness (QED) is 0.836. The fourth-order valence-corrected chi connectivity index (χ4v) is 2.08. The van der Waals surface area contributed by atoms with Crippen molar-refractivity contribution in [2.24, 2.45) is 0 Å². The van der Waals surface area contributed by atoms with Crippen molar-refractivity contribution in [1.29, 1.82) is 0 Å². The third-order valence-electron chi connectivity index (χ3n) is 2.95. The number of hydrogen-bond acceptors (Lipinski definition) is 4. The van der Waals surface area contributed by atoms with Gasteiger partial charge in [-0.1, -0.05) is 18.5 Å². The zero-order valence-electron chi connectivity index (χ0n) is 12.5. The van der Waals surface area contributed by atoms with Gasteiger partial charge in [-0.25, -0.2) is 4.98 Å². The molecule has 0 aliphatic carbocycles. The summed E-state index contributed by atoms with van der Waals surface area (Å²) in [7, 11) is 1.60. The molecular formula is C16H18ClN3O2. The number of benzene rings is 1. The number of nitrogens with one attached hydrogen (secondary N) is 2. The van der Waals surface area contributed by atoms with Crippen molar-refractivity contribution in [3.05, 3.63) is 41.6 Å². The van der Waals surface area contributed by atoms with Gasteiger partial charge in [0.15, 0.2) is 0 Å². The summed E-state index contributed by atoms with van der Waals surface area (Å²) in [6.07, 6.45) is 2.93. The maximum absolute atomic E-state index is 11.5. The minimum absolute atomic E-state index is 0.0350. The summed E-state index contributed by atoms with van der Waals surface area (Å²) in [6, 6.07) is 8.90. The number of pyridine rings is 1. The van der Waals surface area contributed by atoms with Gasteiger partial charge in [0.1, 0.15) is 11.6 Å². The summed E-state index contributed by atoms with van der Waals surface area (Å²) in [5.41, 5.74) is 1.52. The first-order valence-electron chi connectivity index (χ1n) is 6.99. The molecule has 2 aromatic rings. The number of amides is 1. The Balaban J connectivity index is 2.08. The standard InChI is InChI=1S/C16H18ClN3O2/c1-3-4-16(21)20-15-8-6-12(10-18-15)19-13-9-11(17)5-7-14(13)22-2/h5-10,19H,3-4H2,1-2H3,(H,18,20,21). The molecule has 116 valence electrons. The highest BCUT2D eigenvalue weighted by molar-refractivity contribution is 6.31. The van der Waals surface area contributed by atoms with E-state index in [9.17, 15) is 4.79 Å². The molecule has 6 heteroatoms. The number of hydrogen-bond donors (Lipinski definition) is 2. The van der Waals surface area contributed by atoms with Gasteiger partial charge in [0.25, 0.3) is 0 Å². The second-order valence-corrected chi connectivity index (χ2v) is 5.14. The third kappa shape index (κ3) is 4.36. The van der Waals surface area contributed by atoms with E-state index in [1.807, 2.05) is 13.0 Å². The second kappa shape index (κ2) is 7.66. The van der Waals surface area contributed by atoms with Crippen molar-refractivity contribution < 1.29 is 9.53 Å². The van der Waals surface area contributed by atoms with Crippen molar-refractivity contribution in [3.8, 4) is 5.75 Å². The maximum Gasteiger partial charge on any atom is 0.225 e. The Bertz CT molecular complexity index is 644. The molecule has 1 heterocycles. The van der Waals surface area contributed by atoms with Crippen LogP contribution in [0.15, 0.2) is 36.5 Å². The third-order valence-corrected chi connectivity index (χ3v) is 3.18. The molecule has 0 aliphatic rings. The van der Waals surface area contributed by atoms with Crippen LogP contribution in [0.3, 0.4) is 0 Å². The van der Waals surface area contributed by atoms with E-state index in [-0.39, 0.29) is 5.91 Å². The molecule has 0 radical (unpaired) electrons. The molecular weight excluding hydrogens is 302 g/mol. The Kier molecular flexibility index (Phi) is 5.61. The van der Waals surface area contributed by atoms with Crippen LogP contribution in [0.2, 0.25) is 5.02 Å². The highest BCUT2D eigenvalue weighted by Crippen LogP contribution is 2.30. The lowest BCUT2D eigenvalue weighted by Crippen LogP contribution is -2.11. The van der Waals surface area contributed by atoms with E-state index < -0.39 is 0 Å². The largest absolute Gasteiger partial charge is 0.495 e. The Morgan fingerprint density at radius 1 is 1.32 bits per heavy atom. The van der Waals surface area contributed by atoms with Crippen LogP contribution in [0, 0.1) is 0 Å². The molecule has 1 aromatic heterocycles. The smallest absolute Gasteiger partial charge is 0.225 e. The molecule has 0 atom stereocenters. The molecule has 0 aliphatic heterocycles. The Morgan fingerprint density at radius 3 is 2.77 bits per heavy atom. The summed E-state index contributed by atoms with van der Waals surface area (Å²) < 4.78 is 5.28. The lowest BCUT2D eigenvalue weighted by atomic mass is 10.2. The van der Waals surface area contributed by atoms with Gasteiger partial charge in [-0.3, -0.25) is 4.79 Å². The zero-order valence-corrected chi connectivity index (χ0v) is 13.3. The van der Waals surface area contributed by atoms with E-state index in [0.717, 1.165) is 17.8 Å². The summed E-state index contributed by atoms with van der Waals surface area (Å²) >= 11 is 5.99. The number of carbonyl (C=O) groups is 1. The van der Waals surface area contributed by atoms with Crippen LogP contribution in [0.5, 0.6) is 5.75 Å². The monoisotopic (exact) mass is 319 g/mol. The van der Waals surface area contributed by atoms with Crippen LogP contribution in [0.4, 0.5) is 17.2 Å². The van der Waals surface area contributed by atoms with E-state index in [1.54, 1.807) is 37.6 Å². The van der Waals surface area contributed by atoms with Gasteiger partial charge in [0.05, 0.1) is 24.7 Å². The van der Waals surface area contributed by atoms with Crippen molar-refractivity contribution in [2.75, 3.05) is 17.7 Å². The predicted molar refractivity (Wildman–Crippen MR) is 89.1 cm³/mol. The highest BCUT2D eigenvalue weighted by atomic mass is 35.5. The topological polar surface area (TPSA) is 63.2 Å². The van der Waals surface area contributed by atoms with Crippen LogP contribution in [0.1, 0.15) is 19.8 Å². The molecule has 0 saturated carbocycles. The number of anilines is 3. The molecule has 2 rings (SSSR count). The number of rotatable bonds is 6. The van der Waals surface area contributed by atoms with Gasteiger partial charge >= 0.3 is 0 Å². The molecule has 0 unspecified atom stereocenters. The van der Waals surface area contributed by atoms with Crippen molar-refractivity contribution in [1.82, 2.24) is 4.98 Å². The number of ether oxygens (including phenoxy) is 1. The SMILES string of the molecule is CCCC(=O)Nc1ccc(Nc2cc(Cl)ccc2OC)cn1. The lowest BCUT2D eigenvalue weighted by molar-refractivity contribution is -0.116. The fraction of sp³-hybridized carbons (Fsp3) is 0.250. The van der Waals surface area contributed by atoms with Gasteiger partial charge in [0, 0.05) is 11.4 Å². The van der Waals surface area contributed by atoms with Crippen molar-refractivity contribution in [3.63, 3.8) is 0 Å². The van der Waals surface area contributed by atoms with Gasteiger partial charge < -0.3 is 15.4 Å². The Morgan fingerprint density at radius 2 is 2.14 bits per heavy atom. The number of carbonyl (C=O) groups excluding carboxylic acids is 1. The number of halogens is 1. The predicted octanol–water partition coefficient (Wildman–Crippen LogP) is 4.23. The van der Waals surface area contributed by atoms with Crippen molar-refractivity contribution >= 4 is 34.7 Å². The average molecular weight is 320 g/mol. The average Bonchev–Trinajstić information content (AvgIpc) is 2.50. The van der Waals surface area contributed by atoms with Gasteiger partial charge in [-0.15, -0.1) is 0 Å².